The summed E-state index contributed by atoms with van der Waals surface area (Å²) < 4.78 is 28.9. The third-order valence-electron chi connectivity index (χ3n) is 2.41. The van der Waals surface area contributed by atoms with Crippen LogP contribution in [0.2, 0.25) is 0 Å². The first-order valence-electron chi connectivity index (χ1n) is 5.50. The molecule has 1 aromatic heterocycles. The minimum absolute atomic E-state index is 0.227. The quantitative estimate of drug-likeness (QED) is 0.864. The number of para-hydroxylation sites is 1. The molecule has 0 spiro atoms. The van der Waals surface area contributed by atoms with Gasteiger partial charge in [0.15, 0.2) is 0 Å². The van der Waals surface area contributed by atoms with Crippen LogP contribution in [0.1, 0.15) is 11.1 Å². The van der Waals surface area contributed by atoms with Crippen LogP contribution in [0.15, 0.2) is 41.1 Å². The van der Waals surface area contributed by atoms with Crippen molar-refractivity contribution in [2.24, 2.45) is 0 Å². The Morgan fingerprint density at radius 3 is 2.72 bits per heavy atom. The fraction of sp³-hybridized carbons (Fsp3) is 0.231. The lowest BCUT2D eigenvalue weighted by Crippen LogP contribution is -2.14. The highest BCUT2D eigenvalue weighted by Gasteiger charge is 2.08. The first-order chi connectivity index (χ1) is 8.75. The molecular weight excluding hydrogens is 256 g/mol. The Morgan fingerprint density at radius 1 is 1.17 bits per heavy atom. The third-order valence-corrected chi connectivity index (χ3v) is 3.15. The van der Waals surface area contributed by atoms with Gasteiger partial charge in [-0.25, -0.2) is 0 Å². The van der Waals surface area contributed by atoms with Gasteiger partial charge < -0.3 is 10.1 Å². The van der Waals surface area contributed by atoms with Gasteiger partial charge in [0.1, 0.15) is 5.75 Å². The Bertz CT molecular complexity index is 474. The molecule has 18 heavy (non-hydrogen) atoms. The topological polar surface area (TPSA) is 21.3 Å². The first-order valence-corrected chi connectivity index (χ1v) is 6.44. The Balaban J connectivity index is 1.92. The second-order valence-electron chi connectivity index (χ2n) is 3.72. The molecule has 0 aliphatic rings. The molecule has 0 aliphatic carbocycles. The summed E-state index contributed by atoms with van der Waals surface area (Å²) in [6, 6.07) is 8.84. The van der Waals surface area contributed by atoms with Crippen LogP contribution in [-0.2, 0) is 13.1 Å². The van der Waals surface area contributed by atoms with Crippen molar-refractivity contribution in [3.63, 3.8) is 0 Å². The average molecular weight is 269 g/mol. The lowest BCUT2D eigenvalue weighted by Gasteiger charge is -2.10. The van der Waals surface area contributed by atoms with E-state index in [2.05, 4.69) is 15.4 Å². The predicted octanol–water partition coefficient (Wildman–Crippen LogP) is 3.64. The lowest BCUT2D eigenvalue weighted by molar-refractivity contribution is -0.0505. The number of thiophene rings is 1. The molecule has 0 atom stereocenters. The van der Waals surface area contributed by atoms with E-state index < -0.39 is 6.61 Å². The number of halogens is 2. The SMILES string of the molecule is FC(F)Oc1ccccc1CNCc1ccsc1. The van der Waals surface area contributed by atoms with Gasteiger partial charge in [-0.3, -0.25) is 0 Å². The largest absolute Gasteiger partial charge is 0.434 e. The molecule has 1 heterocycles. The number of benzene rings is 1. The van der Waals surface area contributed by atoms with E-state index in [4.69, 9.17) is 0 Å². The van der Waals surface area contributed by atoms with Crippen LogP contribution in [0, 0.1) is 0 Å². The molecule has 0 amide bonds. The molecule has 2 rings (SSSR count). The zero-order chi connectivity index (χ0) is 12.8. The van der Waals surface area contributed by atoms with E-state index in [1.165, 1.54) is 5.56 Å². The van der Waals surface area contributed by atoms with Gasteiger partial charge in [-0.2, -0.15) is 20.1 Å². The van der Waals surface area contributed by atoms with Crippen LogP contribution in [0.25, 0.3) is 0 Å². The van der Waals surface area contributed by atoms with Crippen molar-refractivity contribution in [2.45, 2.75) is 19.7 Å². The lowest BCUT2D eigenvalue weighted by atomic mass is 10.2. The summed E-state index contributed by atoms with van der Waals surface area (Å²) in [7, 11) is 0. The number of hydrogen-bond acceptors (Lipinski definition) is 3. The molecule has 0 radical (unpaired) electrons. The zero-order valence-corrected chi connectivity index (χ0v) is 10.4. The minimum Gasteiger partial charge on any atom is -0.434 e. The van der Waals surface area contributed by atoms with E-state index in [1.54, 1.807) is 35.6 Å². The van der Waals surface area contributed by atoms with Crippen LogP contribution in [0.5, 0.6) is 5.75 Å². The van der Waals surface area contributed by atoms with E-state index in [-0.39, 0.29) is 5.75 Å². The van der Waals surface area contributed by atoms with Crippen molar-refractivity contribution in [3.8, 4) is 5.75 Å². The van der Waals surface area contributed by atoms with Crippen LogP contribution in [0.4, 0.5) is 8.78 Å². The number of ether oxygens (including phenoxy) is 1. The number of rotatable bonds is 6. The summed E-state index contributed by atoms with van der Waals surface area (Å²) in [5.41, 5.74) is 1.92. The van der Waals surface area contributed by atoms with Gasteiger partial charge in [0.25, 0.3) is 0 Å². The van der Waals surface area contributed by atoms with Gasteiger partial charge >= 0.3 is 6.61 Å². The molecule has 0 bridgehead atoms. The maximum atomic E-state index is 12.2. The molecule has 1 N–H and O–H groups in total. The molecule has 0 aliphatic heterocycles. The molecule has 1 aromatic carbocycles. The van der Waals surface area contributed by atoms with Crippen LogP contribution in [0.3, 0.4) is 0 Å². The number of hydrogen-bond donors (Lipinski definition) is 1. The predicted molar refractivity (Wildman–Crippen MR) is 67.9 cm³/mol. The van der Waals surface area contributed by atoms with Crippen LogP contribution < -0.4 is 10.1 Å². The Kier molecular flexibility index (Phi) is 4.66. The second-order valence-corrected chi connectivity index (χ2v) is 4.50. The highest BCUT2D eigenvalue weighted by Crippen LogP contribution is 2.20. The van der Waals surface area contributed by atoms with Crippen molar-refractivity contribution in [1.29, 1.82) is 0 Å². The molecule has 2 nitrogen and oxygen atoms in total. The van der Waals surface area contributed by atoms with Crippen molar-refractivity contribution >= 4 is 11.3 Å². The Labute approximate surface area is 108 Å². The fourth-order valence-electron chi connectivity index (χ4n) is 1.60. The minimum atomic E-state index is -2.79. The summed E-state index contributed by atoms with van der Waals surface area (Å²) in [5, 5.41) is 7.25. The van der Waals surface area contributed by atoms with Crippen LogP contribution >= 0.6 is 11.3 Å². The van der Waals surface area contributed by atoms with E-state index in [9.17, 15) is 8.78 Å². The third kappa shape index (κ3) is 3.78. The highest BCUT2D eigenvalue weighted by molar-refractivity contribution is 7.07. The van der Waals surface area contributed by atoms with Crippen LogP contribution in [-0.4, -0.2) is 6.61 Å². The smallest absolute Gasteiger partial charge is 0.387 e. The van der Waals surface area contributed by atoms with E-state index in [0.29, 0.717) is 13.1 Å². The van der Waals surface area contributed by atoms with Crippen molar-refractivity contribution in [3.05, 3.63) is 52.2 Å². The summed E-state index contributed by atoms with van der Waals surface area (Å²) in [6.45, 7) is -1.58. The van der Waals surface area contributed by atoms with Gasteiger partial charge in [0.05, 0.1) is 0 Å². The van der Waals surface area contributed by atoms with E-state index in [1.807, 2.05) is 11.4 Å². The van der Waals surface area contributed by atoms with Crippen molar-refractivity contribution < 1.29 is 13.5 Å². The first kappa shape index (κ1) is 13.0. The summed E-state index contributed by atoms with van der Waals surface area (Å²) >= 11 is 1.63. The number of nitrogens with one attached hydrogen (secondary N) is 1. The summed E-state index contributed by atoms with van der Waals surface area (Å²) in [6.07, 6.45) is 0. The zero-order valence-electron chi connectivity index (χ0n) is 9.61. The maximum Gasteiger partial charge on any atom is 0.387 e. The molecule has 0 unspecified atom stereocenters. The normalized spacial score (nSPS) is 10.8. The van der Waals surface area contributed by atoms with Gasteiger partial charge in [0, 0.05) is 18.7 Å². The molecule has 2 aromatic rings. The van der Waals surface area contributed by atoms with Gasteiger partial charge in [-0.1, -0.05) is 18.2 Å². The van der Waals surface area contributed by atoms with Gasteiger partial charge in [-0.05, 0) is 28.5 Å². The molecular formula is C13H13F2NOS. The van der Waals surface area contributed by atoms with E-state index >= 15 is 0 Å². The Hall–Kier alpha value is -1.46. The van der Waals surface area contributed by atoms with Gasteiger partial charge in [-0.15, -0.1) is 0 Å². The monoisotopic (exact) mass is 269 g/mol. The summed E-state index contributed by atoms with van der Waals surface area (Å²) in [4.78, 5) is 0. The molecule has 96 valence electrons. The number of alkyl halides is 2. The fourth-order valence-corrected chi connectivity index (χ4v) is 2.26. The molecule has 0 saturated carbocycles. The average Bonchev–Trinajstić information content (AvgIpc) is 2.84. The molecule has 0 saturated heterocycles. The Morgan fingerprint density at radius 2 is 2.00 bits per heavy atom. The standard InChI is InChI=1S/C13H13F2NOS/c14-13(15)17-12-4-2-1-3-11(12)8-16-7-10-5-6-18-9-10/h1-6,9,13,16H,7-8H2. The van der Waals surface area contributed by atoms with Gasteiger partial charge in [0.2, 0.25) is 0 Å². The maximum absolute atomic E-state index is 12.2. The molecule has 0 fully saturated rings. The van der Waals surface area contributed by atoms with E-state index in [0.717, 1.165) is 5.56 Å². The molecule has 5 heteroatoms. The summed E-state index contributed by atoms with van der Waals surface area (Å²) in [5.74, 6) is 0.227. The second kappa shape index (κ2) is 6.47. The highest BCUT2D eigenvalue weighted by atomic mass is 32.1. The van der Waals surface area contributed by atoms with Crippen molar-refractivity contribution in [2.75, 3.05) is 0 Å². The van der Waals surface area contributed by atoms with Crippen molar-refractivity contribution in [1.82, 2.24) is 5.32 Å².